The van der Waals surface area contributed by atoms with E-state index in [2.05, 4.69) is 22.9 Å². The lowest BCUT2D eigenvalue weighted by atomic mass is 10.1. The van der Waals surface area contributed by atoms with Gasteiger partial charge in [0.25, 0.3) is 5.56 Å². The number of benzene rings is 1. The normalized spacial score (nSPS) is 17.0. The zero-order chi connectivity index (χ0) is 20.6. The van der Waals surface area contributed by atoms with E-state index in [0.717, 1.165) is 5.82 Å². The van der Waals surface area contributed by atoms with E-state index in [0.29, 0.717) is 66.7 Å². The van der Waals surface area contributed by atoms with E-state index in [1.165, 1.54) is 0 Å². The molecule has 7 nitrogen and oxygen atoms in total. The third-order valence-electron chi connectivity index (χ3n) is 5.55. The minimum absolute atomic E-state index is 0.0546. The standard InChI is InChI=1S/C23H18N4O3/c24-15-17-2-1-10-25-19(17)6-4-16-3-5-18-20(14-16)26-21-7-8-23(29-12-13-30-23)9-11-27(21)22(18)28/h1-3,5,10,14H,7-9,11-13H2. The summed E-state index contributed by atoms with van der Waals surface area (Å²) in [5.74, 6) is 6.11. The molecule has 7 heteroatoms. The molecule has 2 aromatic heterocycles. The fourth-order valence-corrected chi connectivity index (χ4v) is 3.99. The maximum absolute atomic E-state index is 13.1. The number of ether oxygens (including phenoxy) is 2. The number of pyridine rings is 1. The zero-order valence-corrected chi connectivity index (χ0v) is 16.2. The first-order valence-electron chi connectivity index (χ1n) is 9.86. The SMILES string of the molecule is N#Cc1cccnc1C#Cc1ccc2c(=O)n3c(nc2c1)CCC1(CC3)OCCO1. The fourth-order valence-electron chi connectivity index (χ4n) is 3.99. The van der Waals surface area contributed by atoms with E-state index in [1.54, 1.807) is 35.0 Å². The van der Waals surface area contributed by atoms with E-state index < -0.39 is 5.79 Å². The Morgan fingerprint density at radius 3 is 2.83 bits per heavy atom. The molecule has 5 rings (SSSR count). The first-order chi connectivity index (χ1) is 14.7. The predicted octanol–water partition coefficient (Wildman–Crippen LogP) is 2.14. The van der Waals surface area contributed by atoms with E-state index >= 15 is 0 Å². The molecule has 3 aromatic rings. The van der Waals surface area contributed by atoms with Crippen molar-refractivity contribution >= 4 is 10.9 Å². The Hall–Kier alpha value is -3.52. The van der Waals surface area contributed by atoms with E-state index in [4.69, 9.17) is 14.5 Å². The Balaban J connectivity index is 1.52. The molecule has 1 aromatic carbocycles. The van der Waals surface area contributed by atoms with Gasteiger partial charge in [-0.1, -0.05) is 5.92 Å². The number of hydrogen-bond acceptors (Lipinski definition) is 6. The van der Waals surface area contributed by atoms with E-state index in [9.17, 15) is 10.1 Å². The third-order valence-corrected chi connectivity index (χ3v) is 5.55. The van der Waals surface area contributed by atoms with Crippen LogP contribution in [0.25, 0.3) is 10.9 Å². The van der Waals surface area contributed by atoms with Crippen molar-refractivity contribution in [3.8, 4) is 17.9 Å². The average Bonchev–Trinajstić information content (AvgIpc) is 3.16. The molecule has 1 fully saturated rings. The molecule has 0 amide bonds. The predicted molar refractivity (Wildman–Crippen MR) is 109 cm³/mol. The molecule has 0 N–H and O–H groups in total. The maximum Gasteiger partial charge on any atom is 0.261 e. The second kappa shape index (κ2) is 7.38. The Bertz CT molecular complexity index is 1300. The van der Waals surface area contributed by atoms with Crippen LogP contribution in [0.15, 0.2) is 41.3 Å². The smallest absolute Gasteiger partial charge is 0.261 e. The summed E-state index contributed by atoms with van der Waals surface area (Å²) in [5.41, 5.74) is 2.13. The van der Waals surface area contributed by atoms with Crippen LogP contribution in [0.2, 0.25) is 0 Å². The van der Waals surface area contributed by atoms with Crippen LogP contribution < -0.4 is 5.56 Å². The summed E-state index contributed by atoms with van der Waals surface area (Å²) in [6.45, 7) is 1.70. The number of hydrogen-bond donors (Lipinski definition) is 0. The highest BCUT2D eigenvalue weighted by Gasteiger charge is 2.38. The molecule has 0 aliphatic carbocycles. The van der Waals surface area contributed by atoms with Crippen molar-refractivity contribution in [1.82, 2.24) is 14.5 Å². The van der Waals surface area contributed by atoms with Gasteiger partial charge in [0.2, 0.25) is 0 Å². The Labute approximate surface area is 172 Å². The van der Waals surface area contributed by atoms with Crippen LogP contribution in [-0.2, 0) is 22.4 Å². The summed E-state index contributed by atoms with van der Waals surface area (Å²) in [4.78, 5) is 22.0. The summed E-state index contributed by atoms with van der Waals surface area (Å²) < 4.78 is 13.4. The third kappa shape index (κ3) is 3.25. The fraction of sp³-hybridized carbons (Fsp3) is 0.304. The van der Waals surface area contributed by atoms with Crippen LogP contribution >= 0.6 is 0 Å². The van der Waals surface area contributed by atoms with Crippen LogP contribution in [0.1, 0.15) is 35.5 Å². The first kappa shape index (κ1) is 18.5. The second-order valence-corrected chi connectivity index (χ2v) is 7.34. The van der Waals surface area contributed by atoms with Crippen molar-refractivity contribution in [2.75, 3.05) is 13.2 Å². The van der Waals surface area contributed by atoms with Gasteiger partial charge in [0, 0.05) is 37.6 Å². The molecule has 1 saturated heterocycles. The van der Waals surface area contributed by atoms with Gasteiger partial charge in [0.1, 0.15) is 17.6 Å². The average molecular weight is 398 g/mol. The highest BCUT2D eigenvalue weighted by molar-refractivity contribution is 5.79. The topological polar surface area (TPSA) is 90.0 Å². The Morgan fingerprint density at radius 2 is 2.00 bits per heavy atom. The Kier molecular flexibility index (Phi) is 4.55. The highest BCUT2D eigenvalue weighted by Crippen LogP contribution is 2.31. The van der Waals surface area contributed by atoms with Crippen LogP contribution in [-0.4, -0.2) is 33.5 Å². The minimum atomic E-state index is -0.593. The first-order valence-corrected chi connectivity index (χ1v) is 9.86. The van der Waals surface area contributed by atoms with Crippen LogP contribution in [0, 0.1) is 23.2 Å². The van der Waals surface area contributed by atoms with Crippen molar-refractivity contribution in [2.24, 2.45) is 0 Å². The molecule has 1 spiro atoms. The van der Waals surface area contributed by atoms with Gasteiger partial charge in [0.15, 0.2) is 5.79 Å². The quantitative estimate of drug-likeness (QED) is 0.539. The van der Waals surface area contributed by atoms with Gasteiger partial charge in [-0.05, 0) is 36.3 Å². The van der Waals surface area contributed by atoms with Gasteiger partial charge in [-0.15, -0.1) is 0 Å². The lowest BCUT2D eigenvalue weighted by Crippen LogP contribution is -2.31. The van der Waals surface area contributed by atoms with E-state index in [-0.39, 0.29) is 5.56 Å². The molecule has 30 heavy (non-hydrogen) atoms. The number of fused-ring (bicyclic) bond motifs is 2. The molecule has 0 atom stereocenters. The molecular weight excluding hydrogens is 380 g/mol. The van der Waals surface area contributed by atoms with Crippen molar-refractivity contribution < 1.29 is 9.47 Å². The second-order valence-electron chi connectivity index (χ2n) is 7.34. The number of aryl methyl sites for hydroxylation is 1. The maximum atomic E-state index is 13.1. The summed E-state index contributed by atoms with van der Waals surface area (Å²) >= 11 is 0. The molecule has 148 valence electrons. The van der Waals surface area contributed by atoms with Crippen molar-refractivity contribution in [2.45, 2.75) is 31.6 Å². The summed E-state index contributed by atoms with van der Waals surface area (Å²) in [7, 11) is 0. The molecule has 2 aliphatic heterocycles. The van der Waals surface area contributed by atoms with Gasteiger partial charge in [-0.3, -0.25) is 9.36 Å². The van der Waals surface area contributed by atoms with Crippen molar-refractivity contribution in [1.29, 1.82) is 5.26 Å². The van der Waals surface area contributed by atoms with Gasteiger partial charge in [-0.25, -0.2) is 9.97 Å². The minimum Gasteiger partial charge on any atom is -0.347 e. The van der Waals surface area contributed by atoms with Crippen LogP contribution in [0.5, 0.6) is 0 Å². The van der Waals surface area contributed by atoms with Gasteiger partial charge < -0.3 is 9.47 Å². The number of nitriles is 1. The number of aromatic nitrogens is 3. The molecule has 0 bridgehead atoms. The summed E-state index contributed by atoms with van der Waals surface area (Å²) in [6, 6.07) is 10.8. The Morgan fingerprint density at radius 1 is 1.13 bits per heavy atom. The van der Waals surface area contributed by atoms with Crippen LogP contribution in [0.3, 0.4) is 0 Å². The number of nitrogens with zero attached hydrogens (tertiary/aromatic N) is 4. The molecule has 4 heterocycles. The molecule has 2 aliphatic rings. The molecule has 0 saturated carbocycles. The van der Waals surface area contributed by atoms with Crippen molar-refractivity contribution in [3.05, 3.63) is 69.5 Å². The van der Waals surface area contributed by atoms with Crippen LogP contribution in [0.4, 0.5) is 0 Å². The van der Waals surface area contributed by atoms with Crippen molar-refractivity contribution in [3.63, 3.8) is 0 Å². The lowest BCUT2D eigenvalue weighted by Gasteiger charge is -2.24. The van der Waals surface area contributed by atoms with Gasteiger partial charge in [0.05, 0.1) is 29.7 Å². The highest BCUT2D eigenvalue weighted by atomic mass is 16.7. The summed E-state index contributed by atoms with van der Waals surface area (Å²) in [5, 5.41) is 9.74. The van der Waals surface area contributed by atoms with E-state index in [1.807, 2.05) is 6.07 Å². The van der Waals surface area contributed by atoms with Gasteiger partial charge >= 0.3 is 0 Å². The summed E-state index contributed by atoms with van der Waals surface area (Å²) in [6.07, 6.45) is 3.54. The number of rotatable bonds is 0. The molecular formula is C23H18N4O3. The molecule has 0 unspecified atom stereocenters. The monoisotopic (exact) mass is 398 g/mol. The zero-order valence-electron chi connectivity index (χ0n) is 16.2. The lowest BCUT2D eigenvalue weighted by molar-refractivity contribution is -0.165. The van der Waals surface area contributed by atoms with Gasteiger partial charge in [-0.2, -0.15) is 5.26 Å². The molecule has 0 radical (unpaired) electrons. The largest absolute Gasteiger partial charge is 0.347 e.